The summed E-state index contributed by atoms with van der Waals surface area (Å²) in [6, 6.07) is 0. The van der Waals surface area contributed by atoms with Crippen LogP contribution >= 0.6 is 0 Å². The van der Waals surface area contributed by atoms with E-state index in [0.29, 0.717) is 0 Å². The van der Waals surface area contributed by atoms with Gasteiger partial charge < -0.3 is 29.9 Å². The molecule has 0 unspecified atom stereocenters. The van der Waals surface area contributed by atoms with E-state index in [-0.39, 0.29) is 47.0 Å². The van der Waals surface area contributed by atoms with Gasteiger partial charge in [-0.25, -0.2) is 0 Å². The predicted molar refractivity (Wildman–Crippen MR) is 31.0 cm³/mol. The maximum atomic E-state index is 2.38. The van der Waals surface area contributed by atoms with Crippen molar-refractivity contribution in [1.29, 1.82) is 0 Å². The zero-order valence-corrected chi connectivity index (χ0v) is 8.78. The Labute approximate surface area is 84.0 Å². The third-order valence-corrected chi connectivity index (χ3v) is 2.03. The standard InChI is InChI=1S/C6H9.HI.Mg/c1-6-2-5(3-6)4-6;;/h2-4H2,1H3;1H;/q-1;;+2/p-1. The van der Waals surface area contributed by atoms with Gasteiger partial charge in [0, 0.05) is 0 Å². The summed E-state index contributed by atoms with van der Waals surface area (Å²) < 4.78 is 0. The van der Waals surface area contributed by atoms with E-state index in [1.807, 2.05) is 5.92 Å². The maximum absolute atomic E-state index is 2.38. The van der Waals surface area contributed by atoms with E-state index in [4.69, 9.17) is 0 Å². The van der Waals surface area contributed by atoms with Crippen molar-refractivity contribution in [2.24, 2.45) is 5.41 Å². The van der Waals surface area contributed by atoms with Crippen molar-refractivity contribution in [2.75, 3.05) is 0 Å². The second-order valence-corrected chi connectivity index (χ2v) is 3.09. The van der Waals surface area contributed by atoms with Gasteiger partial charge in [-0.15, -0.1) is 5.41 Å². The van der Waals surface area contributed by atoms with Crippen LogP contribution in [0.25, 0.3) is 0 Å². The fraction of sp³-hybridized carbons (Fsp3) is 0.833. The van der Waals surface area contributed by atoms with Crippen LogP contribution in [0.3, 0.4) is 0 Å². The molecule has 0 heterocycles. The van der Waals surface area contributed by atoms with Crippen LogP contribution in [0.2, 0.25) is 0 Å². The Kier molecular flexibility index (Phi) is 3.11. The summed E-state index contributed by atoms with van der Waals surface area (Å²) in [5, 5.41) is 0. The molecule has 0 aromatic heterocycles. The van der Waals surface area contributed by atoms with E-state index >= 15 is 0 Å². The van der Waals surface area contributed by atoms with E-state index in [9.17, 15) is 0 Å². The van der Waals surface area contributed by atoms with E-state index in [2.05, 4.69) is 6.92 Å². The van der Waals surface area contributed by atoms with Gasteiger partial charge in [-0.2, -0.15) is 19.3 Å². The molecule has 42 valence electrons. The first-order chi connectivity index (χ1) is 2.79. The van der Waals surface area contributed by atoms with E-state index in [1.165, 1.54) is 19.3 Å². The summed E-state index contributed by atoms with van der Waals surface area (Å²) in [5.74, 6) is 1.82. The molecule has 0 amide bonds. The van der Waals surface area contributed by atoms with Crippen LogP contribution in [0.15, 0.2) is 0 Å². The smallest absolute Gasteiger partial charge is 1.00 e. The quantitative estimate of drug-likeness (QED) is 0.268. The Bertz CT molecular complexity index is 75.5. The molecule has 0 radical (unpaired) electrons. The molecule has 0 aromatic rings. The summed E-state index contributed by atoms with van der Waals surface area (Å²) in [6.07, 6.45) is 4.40. The van der Waals surface area contributed by atoms with Crippen LogP contribution in [0.4, 0.5) is 0 Å². The van der Waals surface area contributed by atoms with Crippen LogP contribution in [-0.4, -0.2) is 23.1 Å². The number of halogens is 1. The summed E-state index contributed by atoms with van der Waals surface area (Å²) >= 11 is 0. The summed E-state index contributed by atoms with van der Waals surface area (Å²) in [6.45, 7) is 2.38. The molecule has 0 atom stereocenters. The van der Waals surface area contributed by atoms with Crippen molar-refractivity contribution < 1.29 is 24.0 Å². The first kappa shape index (κ1) is 9.50. The van der Waals surface area contributed by atoms with Gasteiger partial charge in [-0.1, -0.05) is 6.92 Å². The Morgan fingerprint density at radius 3 is 1.50 bits per heavy atom. The van der Waals surface area contributed by atoms with E-state index in [0.717, 1.165) is 5.41 Å². The maximum Gasteiger partial charge on any atom is 2.00 e. The zero-order chi connectivity index (χ0) is 4.20. The third kappa shape index (κ3) is 1.16. The van der Waals surface area contributed by atoms with E-state index < -0.39 is 0 Å². The van der Waals surface area contributed by atoms with Gasteiger partial charge in [0.1, 0.15) is 0 Å². The minimum atomic E-state index is 0. The molecule has 0 nitrogen and oxygen atoms in total. The second-order valence-electron chi connectivity index (χ2n) is 3.09. The monoisotopic (exact) mass is 232 g/mol. The van der Waals surface area contributed by atoms with Crippen molar-refractivity contribution in [3.05, 3.63) is 5.92 Å². The fourth-order valence-electron chi connectivity index (χ4n) is 1.66. The minimum Gasteiger partial charge on any atom is -1.00 e. The van der Waals surface area contributed by atoms with Crippen LogP contribution in [0.5, 0.6) is 0 Å². The second kappa shape index (κ2) is 2.62. The molecule has 8 heavy (non-hydrogen) atoms. The fourth-order valence-corrected chi connectivity index (χ4v) is 1.66. The van der Waals surface area contributed by atoms with Crippen molar-refractivity contribution in [3.63, 3.8) is 0 Å². The van der Waals surface area contributed by atoms with Crippen molar-refractivity contribution >= 4 is 23.1 Å². The average molecular weight is 232 g/mol. The van der Waals surface area contributed by atoms with Crippen LogP contribution < -0.4 is 24.0 Å². The zero-order valence-electron chi connectivity index (χ0n) is 5.21. The summed E-state index contributed by atoms with van der Waals surface area (Å²) in [5.41, 5.74) is 0.829. The molecule has 2 heteroatoms. The molecule has 0 aromatic carbocycles. The molecule has 3 rings (SSSR count). The number of rotatable bonds is 0. The first-order valence-corrected chi connectivity index (χ1v) is 2.62. The van der Waals surface area contributed by atoms with Gasteiger partial charge in [0.25, 0.3) is 0 Å². The van der Waals surface area contributed by atoms with Crippen LogP contribution in [0.1, 0.15) is 26.2 Å². The van der Waals surface area contributed by atoms with Crippen molar-refractivity contribution in [3.8, 4) is 0 Å². The minimum absolute atomic E-state index is 0. The third-order valence-electron chi connectivity index (χ3n) is 2.03. The van der Waals surface area contributed by atoms with Gasteiger partial charge >= 0.3 is 23.1 Å². The van der Waals surface area contributed by atoms with Crippen molar-refractivity contribution in [1.82, 2.24) is 0 Å². The predicted octanol–water partition coefficient (Wildman–Crippen LogP) is -1.61. The van der Waals surface area contributed by atoms with Crippen LogP contribution in [0, 0.1) is 11.3 Å². The normalized spacial score (nSPS) is 28.1. The Morgan fingerprint density at radius 1 is 1.25 bits per heavy atom. The molecule has 0 saturated heterocycles. The van der Waals surface area contributed by atoms with Gasteiger partial charge in [-0.05, 0) is 0 Å². The molecule has 3 aliphatic carbocycles. The molecule has 3 saturated carbocycles. The summed E-state index contributed by atoms with van der Waals surface area (Å²) in [4.78, 5) is 0. The SMILES string of the molecule is CC12C[C-](C1)C2.[I-].[Mg+2]. The van der Waals surface area contributed by atoms with Gasteiger partial charge in [0.15, 0.2) is 0 Å². The Morgan fingerprint density at radius 2 is 1.50 bits per heavy atom. The van der Waals surface area contributed by atoms with E-state index in [1.54, 1.807) is 0 Å². The van der Waals surface area contributed by atoms with Gasteiger partial charge in [0.05, 0.1) is 0 Å². The molecular formula is C6H9IMg. The molecule has 3 aliphatic rings. The molecule has 0 spiro atoms. The summed E-state index contributed by atoms with van der Waals surface area (Å²) in [7, 11) is 0. The van der Waals surface area contributed by atoms with Gasteiger partial charge in [-0.3, -0.25) is 0 Å². The topological polar surface area (TPSA) is 0 Å². The molecule has 0 N–H and O–H groups in total. The average Bonchev–Trinajstić information content (AvgIpc) is 1.24. The molecule has 3 fully saturated rings. The Balaban J connectivity index is 0.000000245. The largest absolute Gasteiger partial charge is 2.00 e. The van der Waals surface area contributed by atoms with Crippen LogP contribution in [-0.2, 0) is 0 Å². The number of hydrogen-bond acceptors (Lipinski definition) is 0. The number of hydrogen-bond donors (Lipinski definition) is 0. The first-order valence-electron chi connectivity index (χ1n) is 2.62. The Hall–Kier alpha value is 1.50. The molecular weight excluding hydrogens is 223 g/mol. The molecule has 2 bridgehead atoms. The van der Waals surface area contributed by atoms with Gasteiger partial charge in [0.2, 0.25) is 0 Å². The molecule has 0 aliphatic heterocycles. The van der Waals surface area contributed by atoms with Crippen molar-refractivity contribution in [2.45, 2.75) is 26.2 Å².